The molecular formula is C25H19Cl2NO5. The van der Waals surface area contributed by atoms with E-state index >= 15 is 0 Å². The Hall–Kier alpha value is -3.48. The van der Waals surface area contributed by atoms with E-state index in [1.807, 2.05) is 0 Å². The van der Waals surface area contributed by atoms with Gasteiger partial charge in [-0.2, -0.15) is 0 Å². The average Bonchev–Trinajstić information content (AvgIpc) is 3.03. The molecule has 3 aromatic rings. The van der Waals surface area contributed by atoms with Crippen LogP contribution in [0.3, 0.4) is 0 Å². The van der Waals surface area contributed by atoms with E-state index in [9.17, 15) is 19.8 Å². The Bertz CT molecular complexity index is 1300. The van der Waals surface area contributed by atoms with Crippen LogP contribution in [0.25, 0.3) is 5.76 Å². The predicted molar refractivity (Wildman–Crippen MR) is 127 cm³/mol. The molecule has 3 aromatic carbocycles. The zero-order valence-electron chi connectivity index (χ0n) is 17.7. The number of carbonyl (C=O) groups excluding carboxylic acids is 2. The number of aromatic hydroxyl groups is 1. The number of benzene rings is 3. The van der Waals surface area contributed by atoms with Crippen molar-refractivity contribution >= 4 is 46.3 Å². The third kappa shape index (κ3) is 4.15. The number of anilines is 1. The first-order chi connectivity index (χ1) is 15.7. The van der Waals surface area contributed by atoms with Gasteiger partial charge in [0.25, 0.3) is 11.7 Å². The molecule has 0 bridgehead atoms. The summed E-state index contributed by atoms with van der Waals surface area (Å²) in [6, 6.07) is 14.6. The topological polar surface area (TPSA) is 87.1 Å². The second-order valence-electron chi connectivity index (χ2n) is 7.57. The third-order valence-electron chi connectivity index (χ3n) is 5.44. The Balaban J connectivity index is 1.98. The standard InChI is InChI=1S/C25H19Cl2NO5/c1-13-8-19(33-2)6-7-20(13)23(30)21-22(14-4-3-5-18(29)9-14)28(25(32)24(21)31)17-11-15(26)10-16(27)12-17/h3-12,22,29-30H,1-2H3/b23-21-. The summed E-state index contributed by atoms with van der Waals surface area (Å²) in [5.41, 5.74) is 1.63. The van der Waals surface area contributed by atoms with E-state index in [1.54, 1.807) is 37.3 Å². The van der Waals surface area contributed by atoms with E-state index in [1.165, 1.54) is 42.3 Å². The zero-order chi connectivity index (χ0) is 23.9. The van der Waals surface area contributed by atoms with Gasteiger partial charge in [0.05, 0.1) is 18.7 Å². The summed E-state index contributed by atoms with van der Waals surface area (Å²) in [5, 5.41) is 21.9. The Morgan fingerprint density at radius 2 is 1.70 bits per heavy atom. The van der Waals surface area contributed by atoms with Crippen molar-refractivity contribution in [3.63, 3.8) is 0 Å². The van der Waals surface area contributed by atoms with Gasteiger partial charge in [-0.25, -0.2) is 0 Å². The Morgan fingerprint density at radius 3 is 2.30 bits per heavy atom. The summed E-state index contributed by atoms with van der Waals surface area (Å²) in [7, 11) is 1.53. The fourth-order valence-corrected chi connectivity index (χ4v) is 4.48. The van der Waals surface area contributed by atoms with Crippen LogP contribution in [0.5, 0.6) is 11.5 Å². The van der Waals surface area contributed by atoms with Crippen molar-refractivity contribution in [1.82, 2.24) is 0 Å². The highest BCUT2D eigenvalue weighted by Crippen LogP contribution is 2.44. The molecule has 33 heavy (non-hydrogen) atoms. The minimum absolute atomic E-state index is 0.0529. The molecule has 0 aromatic heterocycles. The van der Waals surface area contributed by atoms with Gasteiger partial charge in [-0.1, -0.05) is 35.3 Å². The first kappa shape index (κ1) is 22.7. The number of hydrogen-bond acceptors (Lipinski definition) is 5. The number of Topliss-reactive ketones (excluding diaryl/α,β-unsaturated/α-hetero) is 1. The molecule has 1 amide bonds. The van der Waals surface area contributed by atoms with Crippen molar-refractivity contribution in [1.29, 1.82) is 0 Å². The summed E-state index contributed by atoms with van der Waals surface area (Å²) in [4.78, 5) is 27.6. The second-order valence-corrected chi connectivity index (χ2v) is 8.45. The highest BCUT2D eigenvalue weighted by atomic mass is 35.5. The first-order valence-corrected chi connectivity index (χ1v) is 10.7. The van der Waals surface area contributed by atoms with Gasteiger partial charge >= 0.3 is 0 Å². The Kier molecular flexibility index (Phi) is 6.06. The molecule has 1 fully saturated rings. The molecule has 6 nitrogen and oxygen atoms in total. The van der Waals surface area contributed by atoms with Crippen LogP contribution in [0.4, 0.5) is 5.69 Å². The number of ether oxygens (including phenoxy) is 1. The van der Waals surface area contributed by atoms with Crippen molar-refractivity contribution in [3.8, 4) is 11.5 Å². The van der Waals surface area contributed by atoms with Gasteiger partial charge in [0.2, 0.25) is 0 Å². The van der Waals surface area contributed by atoms with Gasteiger partial charge in [0, 0.05) is 21.3 Å². The van der Waals surface area contributed by atoms with Gasteiger partial charge in [-0.05, 0) is 66.6 Å². The molecule has 1 aliphatic heterocycles. The fraction of sp³-hybridized carbons (Fsp3) is 0.120. The second kappa shape index (κ2) is 8.81. The average molecular weight is 484 g/mol. The molecule has 1 saturated heterocycles. The highest BCUT2D eigenvalue weighted by Gasteiger charge is 2.47. The SMILES string of the molecule is COc1ccc(/C(O)=C2/C(=O)C(=O)N(c3cc(Cl)cc(Cl)c3)C2c2cccc(O)c2)c(C)c1. The smallest absolute Gasteiger partial charge is 0.300 e. The molecule has 1 heterocycles. The lowest BCUT2D eigenvalue weighted by molar-refractivity contribution is -0.132. The number of hydrogen-bond donors (Lipinski definition) is 2. The number of methoxy groups -OCH3 is 1. The maximum Gasteiger partial charge on any atom is 0.300 e. The van der Waals surface area contributed by atoms with E-state index in [0.29, 0.717) is 22.4 Å². The molecule has 1 aliphatic rings. The number of ketones is 1. The summed E-state index contributed by atoms with van der Waals surface area (Å²) in [6.45, 7) is 1.76. The van der Waals surface area contributed by atoms with Crippen molar-refractivity contribution in [2.75, 3.05) is 12.0 Å². The summed E-state index contributed by atoms with van der Waals surface area (Å²) >= 11 is 12.3. The van der Waals surface area contributed by atoms with Gasteiger partial charge in [-0.3, -0.25) is 14.5 Å². The molecule has 0 radical (unpaired) electrons. The van der Waals surface area contributed by atoms with Crippen LogP contribution in [0.15, 0.2) is 66.2 Å². The van der Waals surface area contributed by atoms with Crippen LogP contribution < -0.4 is 9.64 Å². The third-order valence-corrected chi connectivity index (χ3v) is 5.88. The summed E-state index contributed by atoms with van der Waals surface area (Å²) in [5.74, 6) is -1.52. The van der Waals surface area contributed by atoms with Gasteiger partial charge in [0.15, 0.2) is 0 Å². The molecule has 4 rings (SSSR count). The van der Waals surface area contributed by atoms with E-state index in [4.69, 9.17) is 27.9 Å². The van der Waals surface area contributed by atoms with Crippen LogP contribution in [-0.2, 0) is 9.59 Å². The van der Waals surface area contributed by atoms with E-state index in [2.05, 4.69) is 0 Å². The molecular weight excluding hydrogens is 465 g/mol. The van der Waals surface area contributed by atoms with Gasteiger partial charge in [-0.15, -0.1) is 0 Å². The van der Waals surface area contributed by atoms with Crippen LogP contribution in [0, 0.1) is 6.92 Å². The largest absolute Gasteiger partial charge is 0.508 e. The number of nitrogens with zero attached hydrogens (tertiary/aromatic N) is 1. The Morgan fingerprint density at radius 1 is 1.00 bits per heavy atom. The molecule has 2 N–H and O–H groups in total. The molecule has 1 atom stereocenters. The molecule has 0 saturated carbocycles. The number of aliphatic hydroxyl groups is 1. The number of phenols is 1. The molecule has 0 aliphatic carbocycles. The molecule has 1 unspecified atom stereocenters. The van der Waals surface area contributed by atoms with Gasteiger partial charge < -0.3 is 14.9 Å². The molecule has 0 spiro atoms. The minimum atomic E-state index is -1.02. The van der Waals surface area contributed by atoms with Crippen LogP contribution in [0.2, 0.25) is 10.0 Å². The number of carbonyl (C=O) groups is 2. The van der Waals surface area contributed by atoms with E-state index in [0.717, 1.165) is 0 Å². The summed E-state index contributed by atoms with van der Waals surface area (Å²) < 4.78 is 5.21. The number of aryl methyl sites for hydroxylation is 1. The predicted octanol–water partition coefficient (Wildman–Crippen LogP) is 5.64. The van der Waals surface area contributed by atoms with Crippen molar-refractivity contribution in [2.45, 2.75) is 13.0 Å². The first-order valence-electron chi connectivity index (χ1n) is 9.92. The minimum Gasteiger partial charge on any atom is -0.508 e. The lowest BCUT2D eigenvalue weighted by atomic mass is 9.93. The van der Waals surface area contributed by atoms with E-state index < -0.39 is 17.7 Å². The van der Waals surface area contributed by atoms with E-state index in [-0.39, 0.29) is 32.8 Å². The van der Waals surface area contributed by atoms with Crippen LogP contribution >= 0.6 is 23.2 Å². The maximum atomic E-state index is 13.2. The van der Waals surface area contributed by atoms with Crippen molar-refractivity contribution in [3.05, 3.63) is 93.0 Å². The number of amides is 1. The van der Waals surface area contributed by atoms with Crippen LogP contribution in [-0.4, -0.2) is 29.0 Å². The van der Waals surface area contributed by atoms with Crippen molar-refractivity contribution < 1.29 is 24.5 Å². The quantitative estimate of drug-likeness (QED) is 0.284. The monoisotopic (exact) mass is 483 g/mol. The van der Waals surface area contributed by atoms with Gasteiger partial charge in [0.1, 0.15) is 17.3 Å². The van der Waals surface area contributed by atoms with Crippen molar-refractivity contribution in [2.24, 2.45) is 0 Å². The highest BCUT2D eigenvalue weighted by molar-refractivity contribution is 6.52. The number of halogens is 2. The molecule has 8 heteroatoms. The number of aliphatic hydroxyl groups excluding tert-OH is 1. The lowest BCUT2D eigenvalue weighted by Gasteiger charge is -2.26. The normalized spacial score (nSPS) is 17.5. The zero-order valence-corrected chi connectivity index (χ0v) is 19.2. The fourth-order valence-electron chi connectivity index (χ4n) is 3.96. The summed E-state index contributed by atoms with van der Waals surface area (Å²) in [6.07, 6.45) is 0. The molecule has 168 valence electrons. The lowest BCUT2D eigenvalue weighted by Crippen LogP contribution is -2.29. The maximum absolute atomic E-state index is 13.2. The number of phenolic OH excluding ortho intramolecular Hbond substituents is 1. The number of rotatable bonds is 4. The Labute approximate surface area is 200 Å². The van der Waals surface area contributed by atoms with Crippen LogP contribution in [0.1, 0.15) is 22.7 Å².